The Morgan fingerprint density at radius 1 is 1.39 bits per heavy atom. The lowest BCUT2D eigenvalue weighted by Crippen LogP contribution is -2.53. The highest BCUT2D eigenvalue weighted by molar-refractivity contribution is 5.89. The first-order chi connectivity index (χ1) is 8.54. The largest absolute Gasteiger partial charge is 0.480 e. The molecule has 0 atom stereocenters. The van der Waals surface area contributed by atoms with Crippen molar-refractivity contribution in [1.29, 1.82) is 0 Å². The van der Waals surface area contributed by atoms with Crippen molar-refractivity contribution < 1.29 is 14.6 Å². The zero-order valence-electron chi connectivity index (χ0n) is 10.4. The van der Waals surface area contributed by atoms with Crippen LogP contribution in [0.4, 0.5) is 0 Å². The maximum absolute atomic E-state index is 11.4. The van der Waals surface area contributed by atoms with E-state index in [1.807, 2.05) is 32.0 Å². The van der Waals surface area contributed by atoms with E-state index in [0.29, 0.717) is 0 Å². The van der Waals surface area contributed by atoms with Gasteiger partial charge in [0.25, 0.3) is 0 Å². The molecule has 2 aromatic rings. The number of aromatic amines is 1. The summed E-state index contributed by atoms with van der Waals surface area (Å²) in [4.78, 5) is 14.7. The average molecular weight is 245 g/mol. The molecule has 1 fully saturated rings. The van der Waals surface area contributed by atoms with Crippen molar-refractivity contribution in [2.75, 3.05) is 13.2 Å². The van der Waals surface area contributed by atoms with Crippen molar-refractivity contribution >= 4 is 16.9 Å². The summed E-state index contributed by atoms with van der Waals surface area (Å²) in [6.07, 6.45) is 0. The van der Waals surface area contributed by atoms with Gasteiger partial charge < -0.3 is 14.8 Å². The van der Waals surface area contributed by atoms with Gasteiger partial charge in [0.1, 0.15) is 5.41 Å². The second kappa shape index (κ2) is 3.59. The van der Waals surface area contributed by atoms with Crippen LogP contribution in [0.1, 0.15) is 16.8 Å². The Kier molecular flexibility index (Phi) is 2.25. The molecule has 1 aromatic heterocycles. The molecule has 2 N–H and O–H groups in total. The minimum Gasteiger partial charge on any atom is -0.480 e. The molecule has 0 unspecified atom stereocenters. The number of nitrogens with one attached hydrogen (secondary N) is 1. The molecule has 1 saturated heterocycles. The van der Waals surface area contributed by atoms with Gasteiger partial charge in [0.2, 0.25) is 0 Å². The summed E-state index contributed by atoms with van der Waals surface area (Å²) in [5, 5.41) is 10.5. The Bertz CT molecular complexity index is 638. The number of hydrogen-bond donors (Lipinski definition) is 2. The number of ether oxygens (including phenoxy) is 1. The van der Waals surface area contributed by atoms with Crippen molar-refractivity contribution in [3.8, 4) is 0 Å². The number of H-pyrrole nitrogens is 1. The summed E-state index contributed by atoms with van der Waals surface area (Å²) in [5.74, 6) is -0.807. The predicted octanol–water partition coefficient (Wildman–Crippen LogP) is 2.14. The van der Waals surface area contributed by atoms with Crippen LogP contribution in [0.2, 0.25) is 0 Å². The quantitative estimate of drug-likeness (QED) is 0.852. The molecule has 0 saturated carbocycles. The van der Waals surface area contributed by atoms with E-state index in [0.717, 1.165) is 22.2 Å². The molecule has 4 heteroatoms. The number of aromatic nitrogens is 1. The Labute approximate surface area is 105 Å². The fraction of sp³-hybridized carbons (Fsp3) is 0.357. The predicted molar refractivity (Wildman–Crippen MR) is 67.9 cm³/mol. The van der Waals surface area contributed by atoms with Gasteiger partial charge >= 0.3 is 5.97 Å². The highest BCUT2D eigenvalue weighted by atomic mass is 16.5. The van der Waals surface area contributed by atoms with Crippen LogP contribution in [-0.4, -0.2) is 29.3 Å². The van der Waals surface area contributed by atoms with E-state index in [1.54, 1.807) is 0 Å². The molecule has 1 aromatic carbocycles. The minimum absolute atomic E-state index is 0.260. The van der Waals surface area contributed by atoms with Crippen molar-refractivity contribution in [2.45, 2.75) is 19.3 Å². The number of rotatable bonds is 2. The monoisotopic (exact) mass is 245 g/mol. The molecular weight excluding hydrogens is 230 g/mol. The second-order valence-electron chi connectivity index (χ2n) is 5.02. The SMILES string of the molecule is Cc1[nH]c2ccc(C3(C(=O)O)COC3)cc2c1C. The number of carboxylic acids is 1. The smallest absolute Gasteiger partial charge is 0.318 e. The topological polar surface area (TPSA) is 62.3 Å². The van der Waals surface area contributed by atoms with Gasteiger partial charge in [-0.2, -0.15) is 0 Å². The number of carbonyl (C=O) groups is 1. The first-order valence-corrected chi connectivity index (χ1v) is 5.95. The van der Waals surface area contributed by atoms with Gasteiger partial charge in [-0.15, -0.1) is 0 Å². The standard InChI is InChI=1S/C14H15NO3/c1-8-9(2)15-12-4-3-10(5-11(8)12)14(13(16)17)6-18-7-14/h3-5,15H,6-7H2,1-2H3,(H,16,17). The van der Waals surface area contributed by atoms with Crippen molar-refractivity contribution in [1.82, 2.24) is 4.98 Å². The first-order valence-electron chi connectivity index (χ1n) is 5.95. The van der Waals surface area contributed by atoms with Gasteiger partial charge in [-0.3, -0.25) is 4.79 Å². The lowest BCUT2D eigenvalue weighted by atomic mass is 9.78. The van der Waals surface area contributed by atoms with E-state index < -0.39 is 11.4 Å². The van der Waals surface area contributed by atoms with Crippen LogP contribution < -0.4 is 0 Å². The molecule has 0 bridgehead atoms. The number of fused-ring (bicyclic) bond motifs is 1. The molecule has 94 valence electrons. The Morgan fingerprint density at radius 3 is 2.67 bits per heavy atom. The molecule has 1 aliphatic rings. The molecule has 0 amide bonds. The van der Waals surface area contributed by atoms with Crippen LogP contribution in [0.3, 0.4) is 0 Å². The summed E-state index contributed by atoms with van der Waals surface area (Å²) in [6.45, 7) is 4.59. The minimum atomic E-state index is -0.855. The normalized spacial score (nSPS) is 17.7. The second-order valence-corrected chi connectivity index (χ2v) is 5.02. The van der Waals surface area contributed by atoms with E-state index in [4.69, 9.17) is 4.74 Å². The lowest BCUT2D eigenvalue weighted by molar-refractivity contribution is -0.163. The number of aliphatic carboxylic acids is 1. The van der Waals surface area contributed by atoms with Gasteiger partial charge in [-0.05, 0) is 37.1 Å². The summed E-state index contributed by atoms with van der Waals surface area (Å²) < 4.78 is 5.11. The molecule has 1 aliphatic heterocycles. The summed E-state index contributed by atoms with van der Waals surface area (Å²) in [7, 11) is 0. The van der Waals surface area contributed by atoms with Crippen LogP contribution >= 0.6 is 0 Å². The first kappa shape index (κ1) is 11.3. The zero-order valence-corrected chi connectivity index (χ0v) is 10.4. The third kappa shape index (κ3) is 1.32. The summed E-state index contributed by atoms with van der Waals surface area (Å²) >= 11 is 0. The van der Waals surface area contributed by atoms with Crippen molar-refractivity contribution in [2.24, 2.45) is 0 Å². The van der Waals surface area contributed by atoms with Crippen LogP contribution in [0.15, 0.2) is 18.2 Å². The number of carboxylic acid groups (broad SMARTS) is 1. The van der Waals surface area contributed by atoms with E-state index in [1.165, 1.54) is 5.56 Å². The van der Waals surface area contributed by atoms with Crippen molar-refractivity contribution in [3.05, 3.63) is 35.0 Å². The maximum Gasteiger partial charge on any atom is 0.318 e. The van der Waals surface area contributed by atoms with Gasteiger partial charge in [-0.25, -0.2) is 0 Å². The maximum atomic E-state index is 11.4. The molecular formula is C14H15NO3. The van der Waals surface area contributed by atoms with Gasteiger partial charge in [0.15, 0.2) is 0 Å². The molecule has 0 aliphatic carbocycles. The third-order valence-corrected chi connectivity index (χ3v) is 3.97. The van der Waals surface area contributed by atoms with Gasteiger partial charge in [0, 0.05) is 16.6 Å². The molecule has 2 heterocycles. The summed E-state index contributed by atoms with van der Waals surface area (Å²) in [6, 6.07) is 5.81. The van der Waals surface area contributed by atoms with E-state index in [9.17, 15) is 9.90 Å². The fourth-order valence-corrected chi connectivity index (χ4v) is 2.48. The Hall–Kier alpha value is -1.81. The lowest BCUT2D eigenvalue weighted by Gasteiger charge is -2.37. The molecule has 3 rings (SSSR count). The Balaban J connectivity index is 2.18. The van der Waals surface area contributed by atoms with E-state index in [2.05, 4.69) is 4.98 Å². The molecule has 0 radical (unpaired) electrons. The van der Waals surface area contributed by atoms with Crippen LogP contribution in [0.5, 0.6) is 0 Å². The number of aryl methyl sites for hydroxylation is 2. The van der Waals surface area contributed by atoms with Crippen LogP contribution in [-0.2, 0) is 14.9 Å². The van der Waals surface area contributed by atoms with Gasteiger partial charge in [-0.1, -0.05) is 6.07 Å². The number of hydrogen-bond acceptors (Lipinski definition) is 2. The van der Waals surface area contributed by atoms with Crippen LogP contribution in [0, 0.1) is 13.8 Å². The van der Waals surface area contributed by atoms with E-state index in [-0.39, 0.29) is 13.2 Å². The fourth-order valence-electron chi connectivity index (χ4n) is 2.48. The van der Waals surface area contributed by atoms with Crippen LogP contribution in [0.25, 0.3) is 10.9 Å². The molecule has 4 nitrogen and oxygen atoms in total. The molecule has 18 heavy (non-hydrogen) atoms. The van der Waals surface area contributed by atoms with Gasteiger partial charge in [0.05, 0.1) is 13.2 Å². The highest BCUT2D eigenvalue weighted by Gasteiger charge is 2.47. The van der Waals surface area contributed by atoms with E-state index >= 15 is 0 Å². The zero-order chi connectivity index (χ0) is 12.9. The number of benzene rings is 1. The molecule has 0 spiro atoms. The Morgan fingerprint density at radius 2 is 2.11 bits per heavy atom. The third-order valence-electron chi connectivity index (χ3n) is 3.97. The average Bonchev–Trinajstić information content (AvgIpc) is 2.53. The summed E-state index contributed by atoms with van der Waals surface area (Å²) in [5.41, 5.74) is 3.32. The van der Waals surface area contributed by atoms with Crippen molar-refractivity contribution in [3.63, 3.8) is 0 Å². The highest BCUT2D eigenvalue weighted by Crippen LogP contribution is 2.35.